The lowest BCUT2D eigenvalue weighted by Crippen LogP contribution is -2.48. The number of carbonyl (C=O) groups excluding carboxylic acids is 1. The monoisotopic (exact) mass is 343 g/mol. The van der Waals surface area contributed by atoms with Gasteiger partial charge in [-0.25, -0.2) is 0 Å². The molecule has 1 aromatic carbocycles. The number of anilines is 1. The van der Waals surface area contributed by atoms with Crippen molar-refractivity contribution in [2.75, 3.05) is 44.2 Å². The van der Waals surface area contributed by atoms with Crippen LogP contribution in [-0.4, -0.2) is 50.1 Å². The van der Waals surface area contributed by atoms with E-state index < -0.39 is 0 Å². The van der Waals surface area contributed by atoms with E-state index >= 15 is 0 Å². The Balaban J connectivity index is 1.41. The van der Waals surface area contributed by atoms with Crippen LogP contribution >= 0.6 is 11.3 Å². The molecule has 0 atom stereocenters. The van der Waals surface area contributed by atoms with Crippen LogP contribution in [0.3, 0.4) is 0 Å². The molecule has 0 saturated carbocycles. The Morgan fingerprint density at radius 3 is 2.62 bits per heavy atom. The largest absolute Gasteiger partial charge is 0.369 e. The van der Waals surface area contributed by atoms with Crippen molar-refractivity contribution in [2.24, 2.45) is 0 Å². The molecule has 1 amide bonds. The van der Waals surface area contributed by atoms with Gasteiger partial charge in [0.2, 0.25) is 0 Å². The quantitative estimate of drug-likeness (QED) is 0.907. The van der Waals surface area contributed by atoms with E-state index in [0.717, 1.165) is 43.2 Å². The van der Waals surface area contributed by atoms with E-state index in [2.05, 4.69) is 46.3 Å². The van der Waals surface area contributed by atoms with Gasteiger partial charge in [0.1, 0.15) is 0 Å². The van der Waals surface area contributed by atoms with Crippen LogP contribution in [0.5, 0.6) is 0 Å². The molecule has 1 aromatic heterocycles. The Kier molecular flexibility index (Phi) is 5.53. The van der Waals surface area contributed by atoms with Crippen molar-refractivity contribution in [3.63, 3.8) is 0 Å². The first-order chi connectivity index (χ1) is 11.6. The second kappa shape index (κ2) is 7.81. The first kappa shape index (κ1) is 17.0. The molecule has 24 heavy (non-hydrogen) atoms. The van der Waals surface area contributed by atoms with Crippen LogP contribution in [-0.2, 0) is 0 Å². The zero-order chi connectivity index (χ0) is 16.9. The average Bonchev–Trinajstić information content (AvgIpc) is 3.01. The van der Waals surface area contributed by atoms with E-state index in [1.54, 1.807) is 0 Å². The summed E-state index contributed by atoms with van der Waals surface area (Å²) in [4.78, 5) is 17.8. The lowest BCUT2D eigenvalue weighted by atomic mass is 10.2. The molecule has 0 radical (unpaired) electrons. The third kappa shape index (κ3) is 4.16. The lowest BCUT2D eigenvalue weighted by molar-refractivity contribution is 0.0951. The van der Waals surface area contributed by atoms with Crippen LogP contribution in [0.2, 0.25) is 0 Å². The first-order valence-electron chi connectivity index (χ1n) is 8.50. The number of carbonyl (C=O) groups is 1. The second-order valence-electron chi connectivity index (χ2n) is 6.36. The maximum Gasteiger partial charge on any atom is 0.261 e. The molecule has 2 heterocycles. The first-order valence-corrected chi connectivity index (χ1v) is 9.38. The number of hydrogen-bond acceptors (Lipinski definition) is 4. The van der Waals surface area contributed by atoms with Crippen LogP contribution in [0, 0.1) is 13.8 Å². The number of rotatable bonds is 5. The number of aryl methyl sites for hydroxylation is 2. The van der Waals surface area contributed by atoms with E-state index in [4.69, 9.17) is 0 Å². The molecule has 0 spiro atoms. The maximum atomic E-state index is 12.1. The van der Waals surface area contributed by atoms with Gasteiger partial charge in [0.15, 0.2) is 0 Å². The number of thiophene rings is 1. The summed E-state index contributed by atoms with van der Waals surface area (Å²) < 4.78 is 0. The Morgan fingerprint density at radius 2 is 1.96 bits per heavy atom. The topological polar surface area (TPSA) is 35.6 Å². The van der Waals surface area contributed by atoms with Gasteiger partial charge in [0.25, 0.3) is 5.91 Å². The standard InChI is InChI=1S/C19H25N3OS/c1-15-4-3-5-17(14-15)22-11-9-21(10-12-22)8-7-20-19(23)18-16(2)6-13-24-18/h3-6,13-14H,7-12H2,1-2H3,(H,20,23). The van der Waals surface area contributed by atoms with Gasteiger partial charge in [-0.15, -0.1) is 11.3 Å². The molecule has 3 rings (SSSR count). The average molecular weight is 343 g/mol. The van der Waals surface area contributed by atoms with Crippen LogP contribution < -0.4 is 10.2 Å². The molecular weight excluding hydrogens is 318 g/mol. The Labute approximate surface area is 148 Å². The third-order valence-electron chi connectivity index (χ3n) is 4.52. The summed E-state index contributed by atoms with van der Waals surface area (Å²) in [6.07, 6.45) is 0. The van der Waals surface area contributed by atoms with Gasteiger partial charge >= 0.3 is 0 Å². The Morgan fingerprint density at radius 1 is 1.17 bits per heavy atom. The molecule has 1 aliphatic heterocycles. The smallest absolute Gasteiger partial charge is 0.261 e. The Bertz CT molecular complexity index is 689. The van der Waals surface area contributed by atoms with Crippen molar-refractivity contribution in [2.45, 2.75) is 13.8 Å². The lowest BCUT2D eigenvalue weighted by Gasteiger charge is -2.36. The highest BCUT2D eigenvalue weighted by Crippen LogP contribution is 2.18. The second-order valence-corrected chi connectivity index (χ2v) is 7.27. The number of hydrogen-bond donors (Lipinski definition) is 1. The van der Waals surface area contributed by atoms with Crippen molar-refractivity contribution in [1.82, 2.24) is 10.2 Å². The highest BCUT2D eigenvalue weighted by Gasteiger charge is 2.17. The molecule has 0 aliphatic carbocycles. The van der Waals surface area contributed by atoms with Gasteiger partial charge in [-0.05, 0) is 48.6 Å². The zero-order valence-electron chi connectivity index (χ0n) is 14.4. The van der Waals surface area contributed by atoms with Crippen LogP contribution in [0.4, 0.5) is 5.69 Å². The van der Waals surface area contributed by atoms with Crippen molar-refractivity contribution >= 4 is 22.9 Å². The Hall–Kier alpha value is -1.85. The highest BCUT2D eigenvalue weighted by molar-refractivity contribution is 7.12. The molecule has 0 bridgehead atoms. The van der Waals surface area contributed by atoms with Gasteiger partial charge in [-0.2, -0.15) is 0 Å². The predicted molar refractivity (Wildman–Crippen MR) is 101 cm³/mol. The van der Waals surface area contributed by atoms with Crippen LogP contribution in [0.1, 0.15) is 20.8 Å². The molecule has 4 nitrogen and oxygen atoms in total. The van der Waals surface area contributed by atoms with Crippen LogP contribution in [0.25, 0.3) is 0 Å². The number of amides is 1. The summed E-state index contributed by atoms with van der Waals surface area (Å²) in [6, 6.07) is 10.7. The van der Waals surface area contributed by atoms with E-state index in [0.29, 0.717) is 6.54 Å². The molecule has 2 aromatic rings. The SMILES string of the molecule is Cc1cccc(N2CCN(CCNC(=O)c3sccc3C)CC2)c1. The van der Waals surface area contributed by atoms with Crippen molar-refractivity contribution < 1.29 is 4.79 Å². The molecule has 128 valence electrons. The summed E-state index contributed by atoms with van der Waals surface area (Å²) in [7, 11) is 0. The minimum atomic E-state index is 0.0564. The van der Waals surface area contributed by atoms with E-state index in [9.17, 15) is 4.79 Å². The maximum absolute atomic E-state index is 12.1. The summed E-state index contributed by atoms with van der Waals surface area (Å²) in [5.41, 5.74) is 3.68. The van der Waals surface area contributed by atoms with E-state index in [1.165, 1.54) is 22.6 Å². The molecule has 1 N–H and O–H groups in total. The normalized spacial score (nSPS) is 15.5. The fourth-order valence-electron chi connectivity index (χ4n) is 3.07. The number of benzene rings is 1. The van der Waals surface area contributed by atoms with Crippen molar-refractivity contribution in [1.29, 1.82) is 0 Å². The minimum absolute atomic E-state index is 0.0564. The van der Waals surface area contributed by atoms with Crippen molar-refractivity contribution in [3.05, 3.63) is 51.7 Å². The fraction of sp³-hybridized carbons (Fsp3) is 0.421. The van der Waals surface area contributed by atoms with Gasteiger partial charge in [-0.3, -0.25) is 9.69 Å². The summed E-state index contributed by atoms with van der Waals surface area (Å²) >= 11 is 1.51. The fourth-order valence-corrected chi connectivity index (χ4v) is 3.91. The number of nitrogens with one attached hydrogen (secondary N) is 1. The third-order valence-corrected chi connectivity index (χ3v) is 5.54. The molecule has 1 aliphatic rings. The van der Waals surface area contributed by atoms with E-state index in [-0.39, 0.29) is 5.91 Å². The van der Waals surface area contributed by atoms with Crippen LogP contribution in [0.15, 0.2) is 35.7 Å². The molecule has 1 fully saturated rings. The summed E-state index contributed by atoms with van der Waals surface area (Å²) in [6.45, 7) is 9.92. The summed E-state index contributed by atoms with van der Waals surface area (Å²) in [5, 5.41) is 5.01. The van der Waals surface area contributed by atoms with Gasteiger partial charge in [-0.1, -0.05) is 12.1 Å². The predicted octanol–water partition coefficient (Wildman–Crippen LogP) is 2.92. The summed E-state index contributed by atoms with van der Waals surface area (Å²) in [5.74, 6) is 0.0564. The van der Waals surface area contributed by atoms with Gasteiger partial charge < -0.3 is 10.2 Å². The molecular formula is C19H25N3OS. The minimum Gasteiger partial charge on any atom is -0.369 e. The van der Waals surface area contributed by atoms with Crippen molar-refractivity contribution in [3.8, 4) is 0 Å². The number of nitrogens with zero attached hydrogens (tertiary/aromatic N) is 2. The van der Waals surface area contributed by atoms with E-state index in [1.807, 2.05) is 18.4 Å². The molecule has 0 unspecified atom stereocenters. The molecule has 5 heteroatoms. The highest BCUT2D eigenvalue weighted by atomic mass is 32.1. The molecule has 1 saturated heterocycles. The number of piperazine rings is 1. The zero-order valence-corrected chi connectivity index (χ0v) is 15.2. The van der Waals surface area contributed by atoms with Gasteiger partial charge in [0, 0.05) is 45.0 Å². The van der Waals surface area contributed by atoms with Gasteiger partial charge in [0.05, 0.1) is 4.88 Å².